The molecule has 1 fully saturated rings. The van der Waals surface area contributed by atoms with Crippen molar-refractivity contribution in [1.29, 1.82) is 0 Å². The fourth-order valence-electron chi connectivity index (χ4n) is 2.14. The summed E-state index contributed by atoms with van der Waals surface area (Å²) in [6.07, 6.45) is 1.06. The lowest BCUT2D eigenvalue weighted by molar-refractivity contribution is -0.146. The van der Waals surface area contributed by atoms with Crippen LogP contribution in [0.25, 0.3) is 0 Å². The normalized spacial score (nSPS) is 19.4. The Balaban J connectivity index is 2.29. The molecule has 0 aliphatic carbocycles. The summed E-state index contributed by atoms with van der Waals surface area (Å²) in [5, 5.41) is 1.50. The molecule has 1 aliphatic rings. The molecule has 1 aliphatic heterocycles. The van der Waals surface area contributed by atoms with Crippen LogP contribution < -0.4 is 5.43 Å². The summed E-state index contributed by atoms with van der Waals surface area (Å²) in [6.45, 7) is 5.79. The quantitative estimate of drug-likeness (QED) is 0.907. The standard InChI is InChI=1S/C15H20N2O2/c1-4-15(2,3)14(19)17-12(10-13(18)16-17)11-8-6-5-7-9-11/h5-9,12H,4,10H2,1-3H3,(H,16,18). The van der Waals surface area contributed by atoms with Crippen LogP contribution in [0.1, 0.15) is 45.2 Å². The van der Waals surface area contributed by atoms with Gasteiger partial charge in [0.15, 0.2) is 0 Å². The van der Waals surface area contributed by atoms with Gasteiger partial charge in [0.05, 0.1) is 12.5 Å². The fourth-order valence-corrected chi connectivity index (χ4v) is 2.14. The van der Waals surface area contributed by atoms with Crippen molar-refractivity contribution in [2.75, 3.05) is 0 Å². The summed E-state index contributed by atoms with van der Waals surface area (Å²) in [6, 6.07) is 9.47. The molecule has 4 nitrogen and oxygen atoms in total. The molecular weight excluding hydrogens is 240 g/mol. The van der Waals surface area contributed by atoms with Crippen LogP contribution >= 0.6 is 0 Å². The highest BCUT2D eigenvalue weighted by molar-refractivity contribution is 5.89. The smallest absolute Gasteiger partial charge is 0.247 e. The number of nitrogens with zero attached hydrogens (tertiary/aromatic N) is 1. The zero-order chi connectivity index (χ0) is 14.0. The van der Waals surface area contributed by atoms with Crippen molar-refractivity contribution in [3.8, 4) is 0 Å². The molecule has 4 heteroatoms. The van der Waals surface area contributed by atoms with Crippen molar-refractivity contribution in [3.05, 3.63) is 35.9 Å². The van der Waals surface area contributed by atoms with Gasteiger partial charge in [-0.15, -0.1) is 0 Å². The number of benzene rings is 1. The number of carbonyl (C=O) groups is 2. The molecule has 0 aromatic heterocycles. The van der Waals surface area contributed by atoms with Gasteiger partial charge in [-0.25, -0.2) is 5.01 Å². The third kappa shape index (κ3) is 2.62. The highest BCUT2D eigenvalue weighted by Gasteiger charge is 2.40. The van der Waals surface area contributed by atoms with Gasteiger partial charge in [-0.1, -0.05) is 51.1 Å². The Bertz CT molecular complexity index is 482. The molecule has 0 spiro atoms. The van der Waals surface area contributed by atoms with E-state index in [0.29, 0.717) is 6.42 Å². The lowest BCUT2D eigenvalue weighted by Gasteiger charge is -2.31. The van der Waals surface area contributed by atoms with E-state index in [2.05, 4.69) is 5.43 Å². The molecule has 1 aromatic rings. The van der Waals surface area contributed by atoms with E-state index < -0.39 is 5.41 Å². The lowest BCUT2D eigenvalue weighted by Crippen LogP contribution is -2.46. The van der Waals surface area contributed by atoms with Crippen molar-refractivity contribution in [2.24, 2.45) is 5.41 Å². The number of hydrogen-bond donors (Lipinski definition) is 1. The predicted octanol–water partition coefficient (Wildman–Crippen LogP) is 2.43. The molecule has 0 radical (unpaired) electrons. The maximum absolute atomic E-state index is 12.5. The van der Waals surface area contributed by atoms with Crippen LogP contribution in [0.15, 0.2) is 30.3 Å². The van der Waals surface area contributed by atoms with Crippen LogP contribution in [-0.2, 0) is 9.59 Å². The molecule has 1 unspecified atom stereocenters. The molecule has 1 heterocycles. The van der Waals surface area contributed by atoms with Crippen LogP contribution in [0.5, 0.6) is 0 Å². The molecule has 1 atom stereocenters. The van der Waals surface area contributed by atoms with Crippen LogP contribution in [0.3, 0.4) is 0 Å². The lowest BCUT2D eigenvalue weighted by atomic mass is 9.88. The first-order valence-electron chi connectivity index (χ1n) is 6.64. The summed E-state index contributed by atoms with van der Waals surface area (Å²) in [7, 11) is 0. The molecule has 1 aromatic carbocycles. The topological polar surface area (TPSA) is 49.4 Å². The van der Waals surface area contributed by atoms with Crippen molar-refractivity contribution in [2.45, 2.75) is 39.7 Å². The molecule has 19 heavy (non-hydrogen) atoms. The Hall–Kier alpha value is -1.84. The van der Waals surface area contributed by atoms with Gasteiger partial charge in [0, 0.05) is 5.41 Å². The van der Waals surface area contributed by atoms with Crippen molar-refractivity contribution >= 4 is 11.8 Å². The highest BCUT2D eigenvalue weighted by atomic mass is 16.2. The van der Waals surface area contributed by atoms with Gasteiger partial charge in [0.25, 0.3) is 0 Å². The summed E-state index contributed by atoms with van der Waals surface area (Å²) in [5.41, 5.74) is 3.21. The van der Waals surface area contributed by atoms with E-state index in [-0.39, 0.29) is 17.9 Å². The molecular formula is C15H20N2O2. The third-order valence-corrected chi connectivity index (χ3v) is 3.80. The average Bonchev–Trinajstić information content (AvgIpc) is 2.80. The Morgan fingerprint density at radius 3 is 2.58 bits per heavy atom. The molecule has 0 saturated carbocycles. The molecule has 2 amide bonds. The highest BCUT2D eigenvalue weighted by Crippen LogP contribution is 2.32. The van der Waals surface area contributed by atoms with Crippen LogP contribution in [-0.4, -0.2) is 16.8 Å². The zero-order valence-corrected chi connectivity index (χ0v) is 11.6. The second-order valence-corrected chi connectivity index (χ2v) is 5.58. The number of carbonyl (C=O) groups excluding carboxylic acids is 2. The van der Waals surface area contributed by atoms with E-state index in [0.717, 1.165) is 12.0 Å². The monoisotopic (exact) mass is 260 g/mol. The second-order valence-electron chi connectivity index (χ2n) is 5.58. The van der Waals surface area contributed by atoms with Gasteiger partial charge < -0.3 is 0 Å². The first-order valence-corrected chi connectivity index (χ1v) is 6.64. The zero-order valence-electron chi connectivity index (χ0n) is 11.6. The van der Waals surface area contributed by atoms with Gasteiger partial charge in [-0.05, 0) is 12.0 Å². The van der Waals surface area contributed by atoms with Gasteiger partial charge in [0.2, 0.25) is 11.8 Å². The van der Waals surface area contributed by atoms with Gasteiger partial charge >= 0.3 is 0 Å². The SMILES string of the molecule is CCC(C)(C)C(=O)N1NC(=O)CC1c1ccccc1. The molecule has 2 rings (SSSR count). The molecule has 0 bridgehead atoms. The van der Waals surface area contributed by atoms with E-state index in [1.165, 1.54) is 5.01 Å². The van der Waals surface area contributed by atoms with Gasteiger partial charge in [0.1, 0.15) is 0 Å². The summed E-state index contributed by atoms with van der Waals surface area (Å²) in [4.78, 5) is 24.2. The van der Waals surface area contributed by atoms with Crippen molar-refractivity contribution < 1.29 is 9.59 Å². The number of amides is 2. The first kappa shape index (κ1) is 13.6. The molecule has 1 N–H and O–H groups in total. The third-order valence-electron chi connectivity index (χ3n) is 3.80. The van der Waals surface area contributed by atoms with Crippen molar-refractivity contribution in [3.63, 3.8) is 0 Å². The van der Waals surface area contributed by atoms with E-state index >= 15 is 0 Å². The Morgan fingerprint density at radius 2 is 2.00 bits per heavy atom. The van der Waals surface area contributed by atoms with Gasteiger partial charge in [-0.2, -0.15) is 0 Å². The minimum Gasteiger partial charge on any atom is -0.273 e. The fraction of sp³-hybridized carbons (Fsp3) is 0.467. The van der Waals surface area contributed by atoms with E-state index in [4.69, 9.17) is 0 Å². The van der Waals surface area contributed by atoms with Gasteiger partial charge in [-0.3, -0.25) is 15.0 Å². The Morgan fingerprint density at radius 1 is 1.37 bits per heavy atom. The number of nitrogens with one attached hydrogen (secondary N) is 1. The summed E-state index contributed by atoms with van der Waals surface area (Å²) < 4.78 is 0. The number of hydrazine groups is 1. The number of hydrogen-bond acceptors (Lipinski definition) is 2. The average molecular weight is 260 g/mol. The number of rotatable bonds is 3. The Kier molecular flexibility index (Phi) is 3.60. The van der Waals surface area contributed by atoms with E-state index in [9.17, 15) is 9.59 Å². The maximum atomic E-state index is 12.5. The second kappa shape index (κ2) is 5.03. The van der Waals surface area contributed by atoms with Crippen LogP contribution in [0.2, 0.25) is 0 Å². The summed E-state index contributed by atoms with van der Waals surface area (Å²) in [5.74, 6) is -0.135. The predicted molar refractivity (Wildman–Crippen MR) is 72.9 cm³/mol. The van der Waals surface area contributed by atoms with E-state index in [1.807, 2.05) is 51.1 Å². The maximum Gasteiger partial charge on any atom is 0.247 e. The Labute approximate surface area is 113 Å². The molecule has 1 saturated heterocycles. The summed E-state index contributed by atoms with van der Waals surface area (Å²) >= 11 is 0. The minimum absolute atomic E-state index is 0.0327. The van der Waals surface area contributed by atoms with Crippen molar-refractivity contribution in [1.82, 2.24) is 10.4 Å². The molecule has 102 valence electrons. The largest absolute Gasteiger partial charge is 0.273 e. The van der Waals surface area contributed by atoms with E-state index in [1.54, 1.807) is 0 Å². The van der Waals surface area contributed by atoms with Crippen LogP contribution in [0.4, 0.5) is 0 Å². The minimum atomic E-state index is -0.468. The first-order chi connectivity index (χ1) is 8.95. The van der Waals surface area contributed by atoms with Crippen LogP contribution in [0, 0.1) is 5.41 Å².